The zero-order valence-electron chi connectivity index (χ0n) is 17.8. The van der Waals surface area contributed by atoms with Crippen molar-refractivity contribution in [2.45, 2.75) is 25.9 Å². The van der Waals surface area contributed by atoms with Gasteiger partial charge in [0.25, 0.3) is 0 Å². The number of benzene rings is 2. The van der Waals surface area contributed by atoms with Crippen LogP contribution in [0.1, 0.15) is 18.9 Å². The number of hydrogen-bond acceptors (Lipinski definition) is 4. The third-order valence-electron chi connectivity index (χ3n) is 4.82. The van der Waals surface area contributed by atoms with E-state index in [2.05, 4.69) is 5.32 Å². The van der Waals surface area contributed by atoms with E-state index < -0.39 is 40.2 Å². The number of carbonyl (C=O) groups is 2. The van der Waals surface area contributed by atoms with Gasteiger partial charge in [-0.15, -0.1) is 0 Å². The van der Waals surface area contributed by atoms with Crippen molar-refractivity contribution in [3.05, 3.63) is 63.9 Å². The van der Waals surface area contributed by atoms with Crippen LogP contribution in [0.3, 0.4) is 0 Å². The highest BCUT2D eigenvalue weighted by Crippen LogP contribution is 2.28. The van der Waals surface area contributed by atoms with Crippen LogP contribution in [0.15, 0.2) is 42.5 Å². The lowest BCUT2D eigenvalue weighted by atomic mass is 10.1. The molecule has 0 aromatic heterocycles. The average Bonchev–Trinajstić information content (AvgIpc) is 2.73. The Kier molecular flexibility index (Phi) is 8.89. The zero-order valence-corrected chi connectivity index (χ0v) is 20.1. The highest BCUT2D eigenvalue weighted by Gasteiger charge is 2.32. The summed E-state index contributed by atoms with van der Waals surface area (Å²) in [7, 11) is -2.59. The van der Waals surface area contributed by atoms with Crippen molar-refractivity contribution < 1.29 is 22.4 Å². The monoisotopic (exact) mass is 503 g/mol. The van der Waals surface area contributed by atoms with Crippen molar-refractivity contribution in [2.24, 2.45) is 0 Å². The lowest BCUT2D eigenvalue weighted by Crippen LogP contribution is -2.51. The highest BCUT2D eigenvalue weighted by atomic mass is 35.5. The molecule has 0 saturated carbocycles. The average molecular weight is 504 g/mol. The molecule has 0 heterocycles. The third-order valence-corrected chi connectivity index (χ3v) is 6.66. The minimum atomic E-state index is -4.02. The second-order valence-corrected chi connectivity index (χ2v) is 9.70. The number of hydrogen-bond donors (Lipinski definition) is 1. The third kappa shape index (κ3) is 6.11. The Morgan fingerprint density at radius 2 is 1.69 bits per heavy atom. The molecule has 0 fully saturated rings. The summed E-state index contributed by atoms with van der Waals surface area (Å²) >= 11 is 12.5. The first-order valence-corrected chi connectivity index (χ1v) is 12.3. The van der Waals surface area contributed by atoms with Crippen LogP contribution in [-0.4, -0.2) is 51.0 Å². The van der Waals surface area contributed by atoms with Crippen LogP contribution in [-0.2, 0) is 26.2 Å². The van der Waals surface area contributed by atoms with E-state index in [9.17, 15) is 22.4 Å². The van der Waals surface area contributed by atoms with Gasteiger partial charge in [-0.05, 0) is 30.7 Å². The first kappa shape index (κ1) is 25.9. The Morgan fingerprint density at radius 1 is 1.09 bits per heavy atom. The molecule has 1 N–H and O–H groups in total. The molecule has 1 atom stereocenters. The summed E-state index contributed by atoms with van der Waals surface area (Å²) in [6, 6.07) is 9.12. The van der Waals surface area contributed by atoms with Crippen molar-refractivity contribution in [3.8, 4) is 0 Å². The lowest BCUT2D eigenvalue weighted by molar-refractivity contribution is -0.140. The molecular formula is C21H24Cl2FN3O4S. The Hall–Kier alpha value is -2.36. The summed E-state index contributed by atoms with van der Waals surface area (Å²) in [5.74, 6) is -1.96. The normalized spacial score (nSPS) is 12.2. The van der Waals surface area contributed by atoms with Crippen molar-refractivity contribution in [3.63, 3.8) is 0 Å². The molecule has 0 aliphatic carbocycles. The van der Waals surface area contributed by atoms with Gasteiger partial charge in [0.15, 0.2) is 0 Å². The van der Waals surface area contributed by atoms with E-state index in [1.54, 1.807) is 25.1 Å². The van der Waals surface area contributed by atoms with Crippen LogP contribution >= 0.6 is 23.2 Å². The van der Waals surface area contributed by atoms with Gasteiger partial charge >= 0.3 is 0 Å². The number of sulfonamides is 1. The van der Waals surface area contributed by atoms with Crippen LogP contribution in [0.2, 0.25) is 10.0 Å². The second kappa shape index (κ2) is 11.0. The van der Waals surface area contributed by atoms with Gasteiger partial charge in [-0.2, -0.15) is 0 Å². The van der Waals surface area contributed by atoms with Crippen LogP contribution in [0.25, 0.3) is 0 Å². The summed E-state index contributed by atoms with van der Waals surface area (Å²) in [4.78, 5) is 27.1. The van der Waals surface area contributed by atoms with Crippen LogP contribution in [0, 0.1) is 5.82 Å². The van der Waals surface area contributed by atoms with Gasteiger partial charge in [-0.25, -0.2) is 12.8 Å². The fourth-order valence-electron chi connectivity index (χ4n) is 3.19. The van der Waals surface area contributed by atoms with Crippen LogP contribution in [0.4, 0.5) is 10.1 Å². The van der Waals surface area contributed by atoms with Crippen LogP contribution < -0.4 is 9.62 Å². The molecule has 2 amide bonds. The number of halogens is 3. The molecule has 0 unspecified atom stereocenters. The molecule has 0 radical (unpaired) electrons. The molecular weight excluding hydrogens is 480 g/mol. The predicted octanol–water partition coefficient (Wildman–Crippen LogP) is 3.45. The maximum absolute atomic E-state index is 14.4. The molecule has 11 heteroatoms. The number of rotatable bonds is 9. The number of para-hydroxylation sites is 1. The van der Waals surface area contributed by atoms with E-state index in [4.69, 9.17) is 23.2 Å². The second-order valence-electron chi connectivity index (χ2n) is 6.98. The fourth-order valence-corrected chi connectivity index (χ4v) is 4.56. The molecule has 0 bridgehead atoms. The number of carbonyl (C=O) groups excluding carboxylic acids is 2. The predicted molar refractivity (Wildman–Crippen MR) is 124 cm³/mol. The Labute approximate surface area is 197 Å². The van der Waals surface area contributed by atoms with Crippen molar-refractivity contribution >= 4 is 50.7 Å². The molecule has 174 valence electrons. The standard InChI is InChI=1S/C21H24Cl2FN3O4S/c1-4-18(21(29)25-2)26(12-14-15(22)8-7-9-16(14)23)20(28)13-27(32(3,30)31)19-11-6-5-10-17(19)24/h5-11,18H,4,12-13H2,1-3H3,(H,25,29)/t18-/m0/s1. The summed E-state index contributed by atoms with van der Waals surface area (Å²) in [5.41, 5.74) is 0.135. The van der Waals surface area contributed by atoms with Crippen molar-refractivity contribution in [1.29, 1.82) is 0 Å². The summed E-state index contributed by atoms with van der Waals surface area (Å²) in [6.07, 6.45) is 1.12. The van der Waals surface area contributed by atoms with Gasteiger partial charge in [0, 0.05) is 29.2 Å². The van der Waals surface area contributed by atoms with E-state index in [1.165, 1.54) is 30.1 Å². The fraction of sp³-hybridized carbons (Fsp3) is 0.333. The van der Waals surface area contributed by atoms with E-state index in [0.717, 1.165) is 12.3 Å². The summed E-state index contributed by atoms with van der Waals surface area (Å²) < 4.78 is 39.8. The molecule has 0 aliphatic heterocycles. The Bertz CT molecular complexity index is 1080. The number of likely N-dealkylation sites (N-methyl/N-ethyl adjacent to an activating group) is 1. The molecule has 0 spiro atoms. The SMILES string of the molecule is CC[C@@H](C(=O)NC)N(Cc1c(Cl)cccc1Cl)C(=O)CN(c1ccccc1F)S(C)(=O)=O. The molecule has 0 aliphatic rings. The molecule has 2 aromatic carbocycles. The van der Waals surface area contributed by atoms with Gasteiger partial charge in [-0.3, -0.25) is 13.9 Å². The largest absolute Gasteiger partial charge is 0.357 e. The molecule has 2 rings (SSSR count). The van der Waals surface area contributed by atoms with Crippen LogP contribution in [0.5, 0.6) is 0 Å². The van der Waals surface area contributed by atoms with Gasteiger partial charge in [0.2, 0.25) is 21.8 Å². The summed E-state index contributed by atoms with van der Waals surface area (Å²) in [5, 5.41) is 3.08. The molecule has 0 saturated heterocycles. The Balaban J connectivity index is 2.50. The van der Waals surface area contributed by atoms with Crippen molar-refractivity contribution in [2.75, 3.05) is 24.2 Å². The lowest BCUT2D eigenvalue weighted by Gasteiger charge is -2.33. The number of anilines is 1. The quantitative estimate of drug-likeness (QED) is 0.567. The minimum Gasteiger partial charge on any atom is -0.357 e. The van der Waals surface area contributed by atoms with E-state index in [0.29, 0.717) is 9.87 Å². The van der Waals surface area contributed by atoms with Gasteiger partial charge < -0.3 is 10.2 Å². The highest BCUT2D eigenvalue weighted by molar-refractivity contribution is 7.92. The Morgan fingerprint density at radius 3 is 2.19 bits per heavy atom. The smallest absolute Gasteiger partial charge is 0.244 e. The maximum Gasteiger partial charge on any atom is 0.244 e. The summed E-state index contributed by atoms with van der Waals surface area (Å²) in [6.45, 7) is 0.854. The molecule has 7 nitrogen and oxygen atoms in total. The van der Waals surface area contributed by atoms with E-state index in [-0.39, 0.29) is 28.7 Å². The maximum atomic E-state index is 14.4. The molecule has 2 aromatic rings. The zero-order chi connectivity index (χ0) is 24.1. The number of nitrogens with zero attached hydrogens (tertiary/aromatic N) is 2. The van der Waals surface area contributed by atoms with Gasteiger partial charge in [0.1, 0.15) is 18.4 Å². The molecule has 32 heavy (non-hydrogen) atoms. The van der Waals surface area contributed by atoms with Crippen molar-refractivity contribution in [1.82, 2.24) is 10.2 Å². The number of amides is 2. The number of nitrogens with one attached hydrogen (secondary N) is 1. The van der Waals surface area contributed by atoms with Gasteiger partial charge in [-0.1, -0.05) is 48.3 Å². The van der Waals surface area contributed by atoms with E-state index >= 15 is 0 Å². The minimum absolute atomic E-state index is 0.141. The van der Waals surface area contributed by atoms with Gasteiger partial charge in [0.05, 0.1) is 11.9 Å². The van der Waals surface area contributed by atoms with E-state index in [1.807, 2.05) is 0 Å². The first-order chi connectivity index (χ1) is 15.0. The first-order valence-electron chi connectivity index (χ1n) is 9.67. The topological polar surface area (TPSA) is 86.8 Å².